The van der Waals surface area contributed by atoms with Crippen molar-refractivity contribution in [1.29, 1.82) is 0 Å². The van der Waals surface area contributed by atoms with E-state index in [9.17, 15) is 0 Å². The predicted molar refractivity (Wildman–Crippen MR) is 51.3 cm³/mol. The van der Waals surface area contributed by atoms with Crippen LogP contribution >= 0.6 is 0 Å². The average Bonchev–Trinajstić information content (AvgIpc) is 1.96. The van der Waals surface area contributed by atoms with Gasteiger partial charge in [0.1, 0.15) is 0 Å². The van der Waals surface area contributed by atoms with E-state index in [1.54, 1.807) is 0 Å². The van der Waals surface area contributed by atoms with Crippen LogP contribution in [-0.2, 0) is 4.74 Å². The quantitative estimate of drug-likeness (QED) is 0.651. The second-order valence-corrected chi connectivity index (χ2v) is 4.34. The molecule has 0 radical (unpaired) electrons. The third-order valence-electron chi connectivity index (χ3n) is 2.91. The summed E-state index contributed by atoms with van der Waals surface area (Å²) in [5.74, 6) is 0. The van der Waals surface area contributed by atoms with E-state index in [0.717, 1.165) is 6.42 Å². The Bertz CT molecular complexity index is 156. The maximum absolute atomic E-state index is 5.93. The Morgan fingerprint density at radius 2 is 1.92 bits per heavy atom. The van der Waals surface area contributed by atoms with Crippen molar-refractivity contribution < 1.29 is 4.74 Å². The van der Waals surface area contributed by atoms with Gasteiger partial charge in [-0.3, -0.25) is 0 Å². The maximum atomic E-state index is 5.93. The van der Waals surface area contributed by atoms with Crippen LogP contribution in [0.25, 0.3) is 0 Å². The fourth-order valence-corrected chi connectivity index (χ4v) is 1.93. The van der Waals surface area contributed by atoms with Crippen molar-refractivity contribution in [2.24, 2.45) is 0 Å². The lowest BCUT2D eigenvalue weighted by Gasteiger charge is -2.45. The third kappa shape index (κ3) is 1.80. The molecule has 0 aromatic heterocycles. The summed E-state index contributed by atoms with van der Waals surface area (Å²) >= 11 is 0. The van der Waals surface area contributed by atoms with Crippen LogP contribution in [0.4, 0.5) is 0 Å². The number of morpholine rings is 1. The van der Waals surface area contributed by atoms with E-state index in [0.29, 0.717) is 18.2 Å². The van der Waals surface area contributed by atoms with Crippen LogP contribution in [0.2, 0.25) is 0 Å². The van der Waals surface area contributed by atoms with Gasteiger partial charge < -0.3 is 10.1 Å². The summed E-state index contributed by atoms with van der Waals surface area (Å²) in [4.78, 5) is 0. The van der Waals surface area contributed by atoms with Crippen molar-refractivity contribution in [2.45, 2.75) is 64.8 Å². The van der Waals surface area contributed by atoms with Crippen LogP contribution < -0.4 is 5.32 Å². The fourth-order valence-electron chi connectivity index (χ4n) is 1.93. The molecular weight excluding hydrogens is 150 g/mol. The monoisotopic (exact) mass is 171 g/mol. The Morgan fingerprint density at radius 3 is 2.42 bits per heavy atom. The molecular formula is C10H21NO. The minimum Gasteiger partial charge on any atom is -0.369 e. The third-order valence-corrected chi connectivity index (χ3v) is 2.91. The van der Waals surface area contributed by atoms with E-state index in [1.807, 2.05) is 0 Å². The van der Waals surface area contributed by atoms with Gasteiger partial charge >= 0.3 is 0 Å². The summed E-state index contributed by atoms with van der Waals surface area (Å²) in [5, 5.41) is 3.58. The molecule has 2 nitrogen and oxygen atoms in total. The summed E-state index contributed by atoms with van der Waals surface area (Å²) in [7, 11) is 0. The maximum Gasteiger partial charge on any atom is 0.0783 e. The molecule has 12 heavy (non-hydrogen) atoms. The molecule has 0 spiro atoms. The Balaban J connectivity index is 2.65. The van der Waals surface area contributed by atoms with Crippen molar-refractivity contribution in [1.82, 2.24) is 5.32 Å². The zero-order chi connectivity index (χ0) is 9.35. The molecule has 72 valence electrons. The molecule has 1 heterocycles. The van der Waals surface area contributed by atoms with Crippen molar-refractivity contribution in [3.63, 3.8) is 0 Å². The first-order valence-electron chi connectivity index (χ1n) is 4.91. The highest BCUT2D eigenvalue weighted by Gasteiger charge is 2.37. The molecule has 0 saturated carbocycles. The zero-order valence-corrected chi connectivity index (χ0v) is 8.85. The van der Waals surface area contributed by atoms with Gasteiger partial charge in [-0.15, -0.1) is 0 Å². The van der Waals surface area contributed by atoms with E-state index in [4.69, 9.17) is 4.74 Å². The van der Waals surface area contributed by atoms with Crippen molar-refractivity contribution >= 4 is 0 Å². The molecule has 1 rings (SSSR count). The van der Waals surface area contributed by atoms with E-state index >= 15 is 0 Å². The normalized spacial score (nSPS) is 41.2. The number of nitrogens with one attached hydrogen (secondary N) is 1. The number of ether oxygens (including phenoxy) is 1. The molecule has 1 aliphatic heterocycles. The highest BCUT2D eigenvalue weighted by atomic mass is 16.5. The van der Waals surface area contributed by atoms with Gasteiger partial charge in [-0.05, 0) is 34.1 Å². The van der Waals surface area contributed by atoms with E-state index in [-0.39, 0.29) is 5.60 Å². The first-order chi connectivity index (χ1) is 5.47. The molecule has 0 bridgehead atoms. The van der Waals surface area contributed by atoms with Gasteiger partial charge in [-0.1, -0.05) is 6.92 Å². The molecule has 0 aliphatic carbocycles. The SMILES string of the molecule is CCC1NC(C)C(C)OC1(C)C. The van der Waals surface area contributed by atoms with E-state index in [2.05, 4.69) is 39.9 Å². The lowest BCUT2D eigenvalue weighted by atomic mass is 9.92. The van der Waals surface area contributed by atoms with Crippen LogP contribution in [0.15, 0.2) is 0 Å². The van der Waals surface area contributed by atoms with E-state index < -0.39 is 0 Å². The van der Waals surface area contributed by atoms with Gasteiger partial charge in [-0.2, -0.15) is 0 Å². The van der Waals surface area contributed by atoms with Gasteiger partial charge in [0, 0.05) is 12.1 Å². The van der Waals surface area contributed by atoms with Crippen LogP contribution in [0, 0.1) is 0 Å². The first-order valence-corrected chi connectivity index (χ1v) is 4.91. The molecule has 0 aromatic rings. The van der Waals surface area contributed by atoms with Crippen LogP contribution in [0.1, 0.15) is 41.0 Å². The van der Waals surface area contributed by atoms with Crippen LogP contribution in [0.3, 0.4) is 0 Å². The highest BCUT2D eigenvalue weighted by Crippen LogP contribution is 2.25. The largest absolute Gasteiger partial charge is 0.369 e. The van der Waals surface area contributed by atoms with E-state index in [1.165, 1.54) is 0 Å². The van der Waals surface area contributed by atoms with Gasteiger partial charge in [0.25, 0.3) is 0 Å². The second kappa shape index (κ2) is 3.35. The van der Waals surface area contributed by atoms with Crippen LogP contribution in [-0.4, -0.2) is 23.8 Å². The number of hydrogen-bond donors (Lipinski definition) is 1. The topological polar surface area (TPSA) is 21.3 Å². The first kappa shape index (κ1) is 10.0. The van der Waals surface area contributed by atoms with Gasteiger partial charge in [0.05, 0.1) is 11.7 Å². The van der Waals surface area contributed by atoms with Gasteiger partial charge in [0.15, 0.2) is 0 Å². The summed E-state index contributed by atoms with van der Waals surface area (Å²) in [6.45, 7) is 10.8. The Hall–Kier alpha value is -0.0800. The molecule has 0 aromatic carbocycles. The molecule has 3 unspecified atom stereocenters. The number of rotatable bonds is 1. The smallest absolute Gasteiger partial charge is 0.0783 e. The summed E-state index contributed by atoms with van der Waals surface area (Å²) < 4.78 is 5.93. The Kier molecular flexibility index (Phi) is 2.79. The van der Waals surface area contributed by atoms with Crippen molar-refractivity contribution in [2.75, 3.05) is 0 Å². The highest BCUT2D eigenvalue weighted by molar-refractivity contribution is 4.93. The minimum atomic E-state index is -0.0132. The summed E-state index contributed by atoms with van der Waals surface area (Å²) in [5.41, 5.74) is -0.0132. The standard InChI is InChI=1S/C10H21NO/c1-6-9-10(4,5)12-8(3)7(2)11-9/h7-9,11H,6H2,1-5H3. The number of hydrogen-bond acceptors (Lipinski definition) is 2. The van der Waals surface area contributed by atoms with Crippen molar-refractivity contribution in [3.8, 4) is 0 Å². The van der Waals surface area contributed by atoms with Gasteiger partial charge in [0.2, 0.25) is 0 Å². The summed E-state index contributed by atoms with van der Waals surface area (Å²) in [6.07, 6.45) is 1.45. The molecule has 3 atom stereocenters. The average molecular weight is 171 g/mol. The predicted octanol–water partition coefficient (Wildman–Crippen LogP) is 1.94. The second-order valence-electron chi connectivity index (χ2n) is 4.34. The van der Waals surface area contributed by atoms with Crippen molar-refractivity contribution in [3.05, 3.63) is 0 Å². The lowest BCUT2D eigenvalue weighted by Crippen LogP contribution is -2.61. The Morgan fingerprint density at radius 1 is 1.33 bits per heavy atom. The minimum absolute atomic E-state index is 0.0132. The fraction of sp³-hybridized carbons (Fsp3) is 1.00. The van der Waals surface area contributed by atoms with Gasteiger partial charge in [-0.25, -0.2) is 0 Å². The molecule has 1 fully saturated rings. The van der Waals surface area contributed by atoms with Crippen LogP contribution in [0.5, 0.6) is 0 Å². The summed E-state index contributed by atoms with van der Waals surface area (Å²) in [6, 6.07) is 0.965. The molecule has 1 N–H and O–H groups in total. The molecule has 1 saturated heterocycles. The molecule has 0 amide bonds. The molecule has 2 heteroatoms. The lowest BCUT2D eigenvalue weighted by molar-refractivity contribution is -0.131. The Labute approximate surface area is 75.7 Å². The molecule has 1 aliphatic rings. The zero-order valence-electron chi connectivity index (χ0n) is 8.85.